The molecule has 0 spiro atoms. The normalized spacial score (nSPS) is 15.8. The molecule has 0 unspecified atom stereocenters. The molecule has 1 fully saturated rings. The molecule has 0 bridgehead atoms. The Morgan fingerprint density at radius 2 is 1.84 bits per heavy atom. The molecule has 0 atom stereocenters. The van der Waals surface area contributed by atoms with Gasteiger partial charge in [-0.3, -0.25) is 14.6 Å². The molecule has 0 radical (unpaired) electrons. The first-order valence-electron chi connectivity index (χ1n) is 6.30. The van der Waals surface area contributed by atoms with Gasteiger partial charge in [0.15, 0.2) is 0 Å². The highest BCUT2D eigenvalue weighted by molar-refractivity contribution is 5.91. The summed E-state index contributed by atoms with van der Waals surface area (Å²) in [7, 11) is 0. The van der Waals surface area contributed by atoms with Gasteiger partial charge in [-0.25, -0.2) is 0 Å². The van der Waals surface area contributed by atoms with Crippen molar-refractivity contribution in [3.05, 3.63) is 36.2 Å². The summed E-state index contributed by atoms with van der Waals surface area (Å²) in [5, 5.41) is 0. The minimum absolute atomic E-state index is 0.0335. The second-order valence-corrected chi connectivity index (χ2v) is 4.42. The number of pyridine rings is 1. The molecule has 2 amide bonds. The lowest BCUT2D eigenvalue weighted by Crippen LogP contribution is -2.49. The van der Waals surface area contributed by atoms with Crippen LogP contribution >= 0.6 is 0 Å². The van der Waals surface area contributed by atoms with Gasteiger partial charge in [-0.2, -0.15) is 0 Å². The molecule has 2 rings (SSSR count). The highest BCUT2D eigenvalue weighted by atomic mass is 16.2. The van der Waals surface area contributed by atoms with Gasteiger partial charge in [0.1, 0.15) is 0 Å². The Balaban J connectivity index is 1.88. The van der Waals surface area contributed by atoms with Crippen LogP contribution in [-0.4, -0.2) is 52.8 Å². The minimum Gasteiger partial charge on any atom is -0.339 e. The number of hydrogen-bond donors (Lipinski definition) is 0. The Morgan fingerprint density at radius 3 is 2.42 bits per heavy atom. The van der Waals surface area contributed by atoms with Crippen LogP contribution in [0.5, 0.6) is 0 Å². The largest absolute Gasteiger partial charge is 0.339 e. The average molecular weight is 259 g/mol. The molecular formula is C14H17N3O2. The highest BCUT2D eigenvalue weighted by Gasteiger charge is 2.20. The van der Waals surface area contributed by atoms with Crippen LogP contribution in [0.25, 0.3) is 6.08 Å². The third kappa shape index (κ3) is 3.64. The van der Waals surface area contributed by atoms with E-state index < -0.39 is 0 Å². The van der Waals surface area contributed by atoms with Crippen LogP contribution in [0.2, 0.25) is 0 Å². The summed E-state index contributed by atoms with van der Waals surface area (Å²) in [6.45, 7) is 3.95. The number of nitrogens with zero attached hydrogens (tertiary/aromatic N) is 3. The van der Waals surface area contributed by atoms with Crippen molar-refractivity contribution in [1.29, 1.82) is 0 Å². The predicted octanol–water partition coefficient (Wildman–Crippen LogP) is 0.786. The molecule has 2 heterocycles. The van der Waals surface area contributed by atoms with Crippen LogP contribution < -0.4 is 0 Å². The van der Waals surface area contributed by atoms with E-state index in [1.165, 1.54) is 6.08 Å². The zero-order valence-electron chi connectivity index (χ0n) is 11.0. The number of amides is 2. The molecule has 0 aliphatic carbocycles. The molecule has 1 aliphatic heterocycles. The van der Waals surface area contributed by atoms with Crippen LogP contribution in [0.3, 0.4) is 0 Å². The Morgan fingerprint density at radius 1 is 1.16 bits per heavy atom. The monoisotopic (exact) mass is 259 g/mol. The summed E-state index contributed by atoms with van der Waals surface area (Å²) >= 11 is 0. The lowest BCUT2D eigenvalue weighted by molar-refractivity contribution is -0.135. The van der Waals surface area contributed by atoms with Gasteiger partial charge < -0.3 is 9.80 Å². The Labute approximate surface area is 112 Å². The molecule has 0 N–H and O–H groups in total. The molecule has 1 saturated heterocycles. The van der Waals surface area contributed by atoms with E-state index in [9.17, 15) is 9.59 Å². The number of carbonyl (C=O) groups excluding carboxylic acids is 2. The summed E-state index contributed by atoms with van der Waals surface area (Å²) in [6.07, 6.45) is 4.93. The standard InChI is InChI=1S/C14H17N3O2/c1-12(18)16-8-10-17(11-9-16)14(19)6-5-13-4-2-3-7-15-13/h2-7H,8-11H2,1H3. The fourth-order valence-corrected chi connectivity index (χ4v) is 1.98. The van der Waals surface area contributed by atoms with Crippen LogP contribution in [0.15, 0.2) is 30.5 Å². The number of piperazine rings is 1. The third-order valence-corrected chi connectivity index (χ3v) is 3.12. The topological polar surface area (TPSA) is 53.5 Å². The van der Waals surface area contributed by atoms with Crippen molar-refractivity contribution in [1.82, 2.24) is 14.8 Å². The zero-order valence-corrected chi connectivity index (χ0v) is 11.0. The first-order valence-corrected chi connectivity index (χ1v) is 6.30. The molecule has 1 aromatic heterocycles. The number of carbonyl (C=O) groups is 2. The maximum absolute atomic E-state index is 12.0. The fraction of sp³-hybridized carbons (Fsp3) is 0.357. The summed E-state index contributed by atoms with van der Waals surface area (Å²) in [6, 6.07) is 5.56. The van der Waals surface area contributed by atoms with E-state index in [0.29, 0.717) is 26.2 Å². The van der Waals surface area contributed by atoms with E-state index in [1.54, 1.807) is 29.0 Å². The third-order valence-electron chi connectivity index (χ3n) is 3.12. The lowest BCUT2D eigenvalue weighted by atomic mass is 10.2. The van der Waals surface area contributed by atoms with Gasteiger partial charge in [-0.1, -0.05) is 6.07 Å². The molecule has 0 aromatic carbocycles. The van der Waals surface area contributed by atoms with E-state index in [2.05, 4.69) is 4.98 Å². The second kappa shape index (κ2) is 6.13. The van der Waals surface area contributed by atoms with E-state index in [4.69, 9.17) is 0 Å². The maximum atomic E-state index is 12.0. The van der Waals surface area contributed by atoms with Gasteiger partial charge in [0, 0.05) is 45.4 Å². The van der Waals surface area contributed by atoms with Gasteiger partial charge in [0.25, 0.3) is 0 Å². The summed E-state index contributed by atoms with van der Waals surface area (Å²) in [5.74, 6) is 0.0324. The zero-order chi connectivity index (χ0) is 13.7. The number of hydrogen-bond acceptors (Lipinski definition) is 3. The van der Waals surface area contributed by atoms with Crippen molar-refractivity contribution in [2.75, 3.05) is 26.2 Å². The Kier molecular flexibility index (Phi) is 4.28. The summed E-state index contributed by atoms with van der Waals surface area (Å²) in [5.41, 5.74) is 0.762. The van der Waals surface area contributed by atoms with Gasteiger partial charge in [-0.05, 0) is 18.2 Å². The second-order valence-electron chi connectivity index (χ2n) is 4.42. The molecule has 100 valence electrons. The number of aromatic nitrogens is 1. The first kappa shape index (κ1) is 13.3. The quantitative estimate of drug-likeness (QED) is 0.738. The maximum Gasteiger partial charge on any atom is 0.246 e. The van der Waals surface area contributed by atoms with Crippen LogP contribution in [0.1, 0.15) is 12.6 Å². The van der Waals surface area contributed by atoms with Crippen molar-refractivity contribution in [3.8, 4) is 0 Å². The van der Waals surface area contributed by atoms with Crippen LogP contribution in [0.4, 0.5) is 0 Å². The lowest BCUT2D eigenvalue weighted by Gasteiger charge is -2.33. The van der Waals surface area contributed by atoms with Gasteiger partial charge >= 0.3 is 0 Å². The van der Waals surface area contributed by atoms with Crippen molar-refractivity contribution in [3.63, 3.8) is 0 Å². The molecule has 1 aliphatic rings. The molecule has 19 heavy (non-hydrogen) atoms. The predicted molar refractivity (Wildman–Crippen MR) is 72.1 cm³/mol. The van der Waals surface area contributed by atoms with Gasteiger partial charge in [0.05, 0.1) is 5.69 Å². The highest BCUT2D eigenvalue weighted by Crippen LogP contribution is 2.04. The molecule has 0 saturated carbocycles. The van der Waals surface area contributed by atoms with Gasteiger partial charge in [0.2, 0.25) is 11.8 Å². The van der Waals surface area contributed by atoms with E-state index >= 15 is 0 Å². The van der Waals surface area contributed by atoms with Crippen LogP contribution in [-0.2, 0) is 9.59 Å². The molecular weight excluding hydrogens is 242 g/mol. The first-order chi connectivity index (χ1) is 9.16. The van der Waals surface area contributed by atoms with E-state index in [0.717, 1.165) is 5.69 Å². The smallest absolute Gasteiger partial charge is 0.246 e. The SMILES string of the molecule is CC(=O)N1CCN(C(=O)C=Cc2ccccn2)CC1. The summed E-state index contributed by atoms with van der Waals surface area (Å²) < 4.78 is 0. The van der Waals surface area contributed by atoms with E-state index in [1.807, 2.05) is 18.2 Å². The number of rotatable bonds is 2. The minimum atomic E-state index is -0.0335. The molecule has 5 nitrogen and oxygen atoms in total. The molecule has 1 aromatic rings. The fourth-order valence-electron chi connectivity index (χ4n) is 1.98. The average Bonchev–Trinajstić information content (AvgIpc) is 2.46. The Bertz CT molecular complexity index is 477. The van der Waals surface area contributed by atoms with Crippen LogP contribution in [0, 0.1) is 0 Å². The van der Waals surface area contributed by atoms with E-state index in [-0.39, 0.29) is 11.8 Å². The van der Waals surface area contributed by atoms with Crippen molar-refractivity contribution in [2.24, 2.45) is 0 Å². The van der Waals surface area contributed by atoms with Gasteiger partial charge in [-0.15, -0.1) is 0 Å². The van der Waals surface area contributed by atoms with Crippen molar-refractivity contribution >= 4 is 17.9 Å². The molecule has 5 heteroatoms. The Hall–Kier alpha value is -2.17. The van der Waals surface area contributed by atoms with Crippen molar-refractivity contribution < 1.29 is 9.59 Å². The summed E-state index contributed by atoms with van der Waals surface area (Å²) in [4.78, 5) is 30.8. The van der Waals surface area contributed by atoms with Crippen molar-refractivity contribution in [2.45, 2.75) is 6.92 Å².